The van der Waals surface area contributed by atoms with E-state index in [0.717, 1.165) is 33.4 Å². The molecule has 0 aliphatic rings. The van der Waals surface area contributed by atoms with Crippen molar-refractivity contribution in [1.82, 2.24) is 20.2 Å². The zero-order valence-corrected chi connectivity index (χ0v) is 16.7. The van der Waals surface area contributed by atoms with Crippen molar-refractivity contribution >= 4 is 34.7 Å². The van der Waals surface area contributed by atoms with Crippen molar-refractivity contribution in [1.29, 1.82) is 0 Å². The Balaban J connectivity index is 1.42. The first-order valence-electron chi connectivity index (χ1n) is 8.11. The molecule has 2 aromatic carbocycles. The fourth-order valence-corrected chi connectivity index (χ4v) is 4.19. The van der Waals surface area contributed by atoms with E-state index in [1.54, 1.807) is 30.2 Å². The second-order valence-corrected chi connectivity index (χ2v) is 7.88. The van der Waals surface area contributed by atoms with E-state index in [-0.39, 0.29) is 0 Å². The quantitative estimate of drug-likeness (QED) is 0.419. The van der Waals surface area contributed by atoms with E-state index in [9.17, 15) is 0 Å². The maximum atomic E-state index is 5.92. The molecule has 136 valence electrons. The van der Waals surface area contributed by atoms with Gasteiger partial charge in [0.15, 0.2) is 5.82 Å². The minimum atomic E-state index is 0.691. The molecule has 0 saturated heterocycles. The molecule has 0 radical (unpaired) electrons. The standard InChI is InChI=1S/C19H15ClN4OS2/c1-25-16-4-2-3-13(9-16)18-21-15(10-26-18)11-27-19-22-17(23-24-19)12-5-7-14(20)8-6-12/h2-10H,11H2,1H3,(H,22,23,24). The summed E-state index contributed by atoms with van der Waals surface area (Å²) in [6.45, 7) is 0. The fraction of sp³-hybridized carbons (Fsp3) is 0.105. The molecule has 0 fully saturated rings. The third-order valence-electron chi connectivity index (χ3n) is 3.80. The number of aromatic nitrogens is 4. The van der Waals surface area contributed by atoms with Gasteiger partial charge in [0.25, 0.3) is 0 Å². The second-order valence-electron chi connectivity index (χ2n) is 5.64. The summed E-state index contributed by atoms with van der Waals surface area (Å²) in [5, 5.41) is 11.7. The van der Waals surface area contributed by atoms with Crippen LogP contribution in [0.5, 0.6) is 5.75 Å². The van der Waals surface area contributed by atoms with Gasteiger partial charge in [-0.15, -0.1) is 16.4 Å². The number of methoxy groups -OCH3 is 1. The SMILES string of the molecule is COc1cccc(-c2nc(CSc3n[nH]c(-c4ccc(Cl)cc4)n3)cs2)c1. The van der Waals surface area contributed by atoms with Gasteiger partial charge in [-0.25, -0.2) is 9.97 Å². The largest absolute Gasteiger partial charge is 0.497 e. The van der Waals surface area contributed by atoms with E-state index >= 15 is 0 Å². The summed E-state index contributed by atoms with van der Waals surface area (Å²) in [6.07, 6.45) is 0. The molecule has 4 aromatic rings. The smallest absolute Gasteiger partial charge is 0.209 e. The average molecular weight is 415 g/mol. The van der Waals surface area contributed by atoms with Crippen LogP contribution < -0.4 is 4.74 Å². The van der Waals surface area contributed by atoms with Crippen LogP contribution in [0.15, 0.2) is 59.1 Å². The van der Waals surface area contributed by atoms with Crippen molar-refractivity contribution in [3.8, 4) is 27.7 Å². The Hall–Kier alpha value is -2.35. The summed E-state index contributed by atoms with van der Waals surface area (Å²) in [4.78, 5) is 9.23. The number of aromatic amines is 1. The predicted molar refractivity (Wildman–Crippen MR) is 110 cm³/mol. The van der Waals surface area contributed by atoms with Gasteiger partial charge in [0.05, 0.1) is 12.8 Å². The average Bonchev–Trinajstić information content (AvgIpc) is 3.37. The number of thiazole rings is 1. The van der Waals surface area contributed by atoms with Crippen molar-refractivity contribution in [2.24, 2.45) is 0 Å². The van der Waals surface area contributed by atoms with Crippen LogP contribution in [0.1, 0.15) is 5.69 Å². The van der Waals surface area contributed by atoms with E-state index in [1.165, 1.54) is 0 Å². The predicted octanol–water partition coefficient (Wildman–Crippen LogP) is 5.55. The molecule has 0 aliphatic carbocycles. The zero-order valence-electron chi connectivity index (χ0n) is 14.3. The van der Waals surface area contributed by atoms with Crippen molar-refractivity contribution < 1.29 is 4.74 Å². The molecule has 0 aliphatic heterocycles. The Morgan fingerprint density at radius 1 is 1.11 bits per heavy atom. The van der Waals surface area contributed by atoms with Gasteiger partial charge in [0.2, 0.25) is 5.16 Å². The van der Waals surface area contributed by atoms with Crippen molar-refractivity contribution in [3.63, 3.8) is 0 Å². The van der Waals surface area contributed by atoms with Gasteiger partial charge in [-0.2, -0.15) is 0 Å². The molecule has 0 saturated carbocycles. The number of nitrogens with zero attached hydrogens (tertiary/aromatic N) is 3. The number of hydrogen-bond donors (Lipinski definition) is 1. The maximum absolute atomic E-state index is 5.92. The van der Waals surface area contributed by atoms with Gasteiger partial charge in [0, 0.05) is 27.3 Å². The molecule has 1 N–H and O–H groups in total. The highest BCUT2D eigenvalue weighted by molar-refractivity contribution is 7.98. The number of ether oxygens (including phenoxy) is 1. The molecule has 0 amide bonds. The topological polar surface area (TPSA) is 63.7 Å². The Labute approximate surface area is 169 Å². The Morgan fingerprint density at radius 3 is 2.78 bits per heavy atom. The van der Waals surface area contributed by atoms with Crippen LogP contribution in [-0.2, 0) is 5.75 Å². The number of H-pyrrole nitrogens is 1. The van der Waals surface area contributed by atoms with Gasteiger partial charge >= 0.3 is 0 Å². The van der Waals surface area contributed by atoms with Gasteiger partial charge in [-0.05, 0) is 36.4 Å². The number of halogens is 1. The van der Waals surface area contributed by atoms with Crippen LogP contribution >= 0.6 is 34.7 Å². The fourth-order valence-electron chi connectivity index (χ4n) is 2.45. The highest BCUT2D eigenvalue weighted by atomic mass is 35.5. The lowest BCUT2D eigenvalue weighted by molar-refractivity contribution is 0.415. The monoisotopic (exact) mass is 414 g/mol. The number of nitrogens with one attached hydrogen (secondary N) is 1. The first-order valence-corrected chi connectivity index (χ1v) is 10.4. The number of hydrogen-bond acceptors (Lipinski definition) is 6. The Bertz CT molecular complexity index is 1050. The molecular weight excluding hydrogens is 400 g/mol. The van der Waals surface area contributed by atoms with Gasteiger partial charge in [0.1, 0.15) is 10.8 Å². The minimum Gasteiger partial charge on any atom is -0.497 e. The maximum Gasteiger partial charge on any atom is 0.209 e. The lowest BCUT2D eigenvalue weighted by Gasteiger charge is -2.01. The van der Waals surface area contributed by atoms with Gasteiger partial charge in [-0.1, -0.05) is 35.5 Å². The lowest BCUT2D eigenvalue weighted by atomic mass is 10.2. The molecule has 2 heterocycles. The summed E-state index contributed by atoms with van der Waals surface area (Å²) in [6, 6.07) is 15.4. The Kier molecular flexibility index (Phi) is 5.42. The molecule has 4 rings (SSSR count). The summed E-state index contributed by atoms with van der Waals surface area (Å²) in [5.74, 6) is 2.26. The van der Waals surface area contributed by atoms with Crippen LogP contribution in [0.25, 0.3) is 22.0 Å². The van der Waals surface area contributed by atoms with Gasteiger partial charge in [-0.3, -0.25) is 5.10 Å². The molecule has 0 bridgehead atoms. The van der Waals surface area contributed by atoms with Crippen molar-refractivity contribution in [2.45, 2.75) is 10.9 Å². The number of rotatable bonds is 6. The number of benzene rings is 2. The molecule has 8 heteroatoms. The van der Waals surface area contributed by atoms with Crippen LogP contribution in [0, 0.1) is 0 Å². The van der Waals surface area contributed by atoms with E-state index in [0.29, 0.717) is 15.9 Å². The van der Waals surface area contributed by atoms with Crippen molar-refractivity contribution in [2.75, 3.05) is 7.11 Å². The van der Waals surface area contributed by atoms with E-state index in [2.05, 4.69) is 20.6 Å². The molecular formula is C19H15ClN4OS2. The third kappa shape index (κ3) is 4.32. The molecule has 27 heavy (non-hydrogen) atoms. The third-order valence-corrected chi connectivity index (χ3v) is 5.87. The van der Waals surface area contributed by atoms with Gasteiger partial charge < -0.3 is 4.74 Å². The molecule has 2 aromatic heterocycles. The molecule has 0 spiro atoms. The first-order chi connectivity index (χ1) is 13.2. The summed E-state index contributed by atoms with van der Waals surface area (Å²) in [5.41, 5.74) is 3.01. The highest BCUT2D eigenvalue weighted by Crippen LogP contribution is 2.29. The Morgan fingerprint density at radius 2 is 1.96 bits per heavy atom. The van der Waals surface area contributed by atoms with Crippen LogP contribution in [0.2, 0.25) is 5.02 Å². The normalized spacial score (nSPS) is 10.9. The second kappa shape index (κ2) is 8.12. The van der Waals surface area contributed by atoms with Crippen LogP contribution in [-0.4, -0.2) is 27.3 Å². The zero-order chi connectivity index (χ0) is 18.6. The lowest BCUT2D eigenvalue weighted by Crippen LogP contribution is -1.85. The van der Waals surface area contributed by atoms with E-state index in [1.807, 2.05) is 48.5 Å². The van der Waals surface area contributed by atoms with Crippen LogP contribution in [0.4, 0.5) is 0 Å². The molecule has 5 nitrogen and oxygen atoms in total. The minimum absolute atomic E-state index is 0.691. The summed E-state index contributed by atoms with van der Waals surface area (Å²) >= 11 is 9.09. The van der Waals surface area contributed by atoms with E-state index in [4.69, 9.17) is 21.3 Å². The van der Waals surface area contributed by atoms with E-state index < -0.39 is 0 Å². The van der Waals surface area contributed by atoms with Crippen LogP contribution in [0.3, 0.4) is 0 Å². The summed E-state index contributed by atoms with van der Waals surface area (Å²) in [7, 11) is 1.66. The summed E-state index contributed by atoms with van der Waals surface area (Å²) < 4.78 is 5.28. The highest BCUT2D eigenvalue weighted by Gasteiger charge is 2.10. The number of thioether (sulfide) groups is 1. The molecule has 0 atom stereocenters. The first kappa shape index (κ1) is 18.0. The molecule has 0 unspecified atom stereocenters. The van der Waals surface area contributed by atoms with Crippen molar-refractivity contribution in [3.05, 3.63) is 64.6 Å².